The molecule has 0 atom stereocenters. The Kier molecular flexibility index (Phi) is 4.76. The van der Waals surface area contributed by atoms with Gasteiger partial charge in [0.25, 0.3) is 16.8 Å². The third kappa shape index (κ3) is 3.38. The SMILES string of the molecule is COc1ccccc1-c1nnc(SCc2ccccc2[N+](=O)[O-])o1. The third-order valence-corrected chi connectivity index (χ3v) is 4.15. The first kappa shape index (κ1) is 16.0. The van der Waals surface area contributed by atoms with Crippen LogP contribution in [0.3, 0.4) is 0 Å². The summed E-state index contributed by atoms with van der Waals surface area (Å²) in [6.07, 6.45) is 0. The highest BCUT2D eigenvalue weighted by Gasteiger charge is 2.16. The molecule has 0 saturated heterocycles. The maximum Gasteiger partial charge on any atom is 0.277 e. The first-order valence-corrected chi connectivity index (χ1v) is 7.99. The van der Waals surface area contributed by atoms with E-state index in [4.69, 9.17) is 9.15 Å². The fourth-order valence-electron chi connectivity index (χ4n) is 2.15. The van der Waals surface area contributed by atoms with Crippen molar-refractivity contribution in [2.75, 3.05) is 7.11 Å². The van der Waals surface area contributed by atoms with Crippen LogP contribution in [-0.2, 0) is 5.75 Å². The summed E-state index contributed by atoms with van der Waals surface area (Å²) in [7, 11) is 1.57. The molecule has 3 rings (SSSR count). The summed E-state index contributed by atoms with van der Waals surface area (Å²) in [5, 5.41) is 19.4. The number of nitro groups is 1. The van der Waals surface area contributed by atoms with Gasteiger partial charge >= 0.3 is 0 Å². The number of nitro benzene ring substituents is 1. The highest BCUT2D eigenvalue weighted by atomic mass is 32.2. The van der Waals surface area contributed by atoms with Crippen LogP contribution in [0, 0.1) is 10.1 Å². The normalized spacial score (nSPS) is 10.5. The zero-order valence-electron chi connectivity index (χ0n) is 12.7. The van der Waals surface area contributed by atoms with Gasteiger partial charge in [0.2, 0.25) is 0 Å². The first-order chi connectivity index (χ1) is 11.7. The van der Waals surface area contributed by atoms with Gasteiger partial charge in [0.15, 0.2) is 0 Å². The van der Waals surface area contributed by atoms with Gasteiger partial charge in [0.05, 0.1) is 17.6 Å². The van der Waals surface area contributed by atoms with Crippen molar-refractivity contribution in [2.24, 2.45) is 0 Å². The van der Waals surface area contributed by atoms with Crippen LogP contribution in [0.5, 0.6) is 5.75 Å². The molecule has 24 heavy (non-hydrogen) atoms. The summed E-state index contributed by atoms with van der Waals surface area (Å²) in [5.41, 5.74) is 1.38. The minimum absolute atomic E-state index is 0.0782. The number of rotatable bonds is 6. The molecule has 0 spiro atoms. The third-order valence-electron chi connectivity index (χ3n) is 3.28. The minimum Gasteiger partial charge on any atom is -0.496 e. The lowest BCUT2D eigenvalue weighted by Gasteiger charge is -2.03. The number of methoxy groups -OCH3 is 1. The van der Waals surface area contributed by atoms with Gasteiger partial charge in [0, 0.05) is 17.4 Å². The second-order valence-electron chi connectivity index (χ2n) is 4.75. The number of hydrogen-bond acceptors (Lipinski definition) is 7. The van der Waals surface area contributed by atoms with Crippen LogP contribution in [0.4, 0.5) is 5.69 Å². The Labute approximate surface area is 141 Å². The molecule has 2 aromatic carbocycles. The average molecular weight is 343 g/mol. The van der Waals surface area contributed by atoms with Crippen LogP contribution in [0.15, 0.2) is 58.2 Å². The van der Waals surface area contributed by atoms with E-state index in [2.05, 4.69) is 10.2 Å². The van der Waals surface area contributed by atoms with Gasteiger partial charge in [-0.15, -0.1) is 10.2 Å². The fourth-order valence-corrected chi connectivity index (χ4v) is 2.91. The van der Waals surface area contributed by atoms with Crippen LogP contribution in [0.1, 0.15) is 5.56 Å². The topological polar surface area (TPSA) is 91.3 Å². The lowest BCUT2D eigenvalue weighted by molar-refractivity contribution is -0.385. The monoisotopic (exact) mass is 343 g/mol. The summed E-state index contributed by atoms with van der Waals surface area (Å²) in [6.45, 7) is 0. The molecule has 0 N–H and O–H groups in total. The zero-order valence-corrected chi connectivity index (χ0v) is 13.5. The predicted molar refractivity (Wildman–Crippen MR) is 88.9 cm³/mol. The van der Waals surface area contributed by atoms with Crippen molar-refractivity contribution in [1.82, 2.24) is 10.2 Å². The standard InChI is InChI=1S/C16H13N3O4S/c1-22-14-9-5-3-7-12(14)15-17-18-16(23-15)24-10-11-6-2-4-8-13(11)19(20)21/h2-9H,10H2,1H3. The van der Waals surface area contributed by atoms with Crippen LogP contribution >= 0.6 is 11.8 Å². The first-order valence-electron chi connectivity index (χ1n) is 7.01. The number of aromatic nitrogens is 2. The van der Waals surface area contributed by atoms with Gasteiger partial charge in [-0.25, -0.2) is 0 Å². The lowest BCUT2D eigenvalue weighted by atomic mass is 10.2. The number of benzene rings is 2. The van der Waals surface area contributed by atoms with Crippen LogP contribution in [0.2, 0.25) is 0 Å². The van der Waals surface area contributed by atoms with Crippen molar-refractivity contribution < 1.29 is 14.1 Å². The molecule has 122 valence electrons. The summed E-state index contributed by atoms with van der Waals surface area (Å²) in [4.78, 5) is 10.6. The number of ether oxygens (including phenoxy) is 1. The molecule has 0 radical (unpaired) electrons. The largest absolute Gasteiger partial charge is 0.496 e. The van der Waals surface area contributed by atoms with Gasteiger partial charge in [0.1, 0.15) is 5.75 Å². The quantitative estimate of drug-likeness (QED) is 0.380. The Hall–Kier alpha value is -2.87. The molecule has 0 bridgehead atoms. The minimum atomic E-state index is -0.399. The molecule has 1 aromatic heterocycles. The Bertz CT molecular complexity index is 866. The van der Waals surface area contributed by atoms with E-state index in [1.807, 2.05) is 18.2 Å². The summed E-state index contributed by atoms with van der Waals surface area (Å²) < 4.78 is 10.9. The maximum atomic E-state index is 11.0. The van der Waals surface area contributed by atoms with Gasteiger partial charge in [-0.05, 0) is 12.1 Å². The van der Waals surface area contributed by atoms with Gasteiger partial charge < -0.3 is 9.15 Å². The van der Waals surface area contributed by atoms with E-state index >= 15 is 0 Å². The van der Waals surface area contributed by atoms with Crippen LogP contribution < -0.4 is 4.74 Å². The molecule has 7 nitrogen and oxygen atoms in total. The smallest absolute Gasteiger partial charge is 0.277 e. The molecule has 0 aliphatic rings. The van der Waals surface area contributed by atoms with Crippen molar-refractivity contribution >= 4 is 17.4 Å². The highest BCUT2D eigenvalue weighted by molar-refractivity contribution is 7.98. The molecule has 0 aliphatic heterocycles. The van der Waals surface area contributed by atoms with Gasteiger partial charge in [-0.1, -0.05) is 42.1 Å². The van der Waals surface area contributed by atoms with Crippen molar-refractivity contribution in [3.63, 3.8) is 0 Å². The second-order valence-corrected chi connectivity index (χ2v) is 5.67. The van der Waals surface area contributed by atoms with Crippen LogP contribution in [-0.4, -0.2) is 22.2 Å². The summed E-state index contributed by atoms with van der Waals surface area (Å²) in [5.74, 6) is 1.35. The van der Waals surface area contributed by atoms with E-state index in [0.717, 1.165) is 0 Å². The lowest BCUT2D eigenvalue weighted by Crippen LogP contribution is -1.93. The van der Waals surface area contributed by atoms with E-state index in [0.29, 0.717) is 33.7 Å². The van der Waals surface area contributed by atoms with E-state index in [9.17, 15) is 10.1 Å². The number of hydrogen-bond donors (Lipinski definition) is 0. The molecular weight excluding hydrogens is 330 g/mol. The van der Waals surface area contributed by atoms with E-state index < -0.39 is 4.92 Å². The average Bonchev–Trinajstić information content (AvgIpc) is 3.09. The number of nitrogens with zero attached hydrogens (tertiary/aromatic N) is 3. The molecule has 0 amide bonds. The predicted octanol–water partition coefficient (Wildman–Crippen LogP) is 3.95. The molecule has 1 heterocycles. The van der Waals surface area contributed by atoms with Crippen molar-refractivity contribution in [3.05, 3.63) is 64.2 Å². The van der Waals surface area contributed by atoms with E-state index in [1.54, 1.807) is 31.4 Å². The van der Waals surface area contributed by atoms with Gasteiger partial charge in [-0.3, -0.25) is 10.1 Å². The van der Waals surface area contributed by atoms with Crippen LogP contribution in [0.25, 0.3) is 11.5 Å². The van der Waals surface area contributed by atoms with Crippen molar-refractivity contribution in [2.45, 2.75) is 11.0 Å². The number of para-hydroxylation sites is 2. The number of thioether (sulfide) groups is 1. The summed E-state index contributed by atoms with van der Waals surface area (Å²) >= 11 is 1.25. The molecule has 0 saturated carbocycles. The molecule has 3 aromatic rings. The molecule has 0 fully saturated rings. The van der Waals surface area contributed by atoms with Crippen molar-refractivity contribution in [1.29, 1.82) is 0 Å². The Morgan fingerprint density at radius 1 is 1.17 bits per heavy atom. The Morgan fingerprint density at radius 2 is 1.92 bits per heavy atom. The summed E-state index contributed by atoms with van der Waals surface area (Å²) in [6, 6.07) is 13.9. The Morgan fingerprint density at radius 3 is 2.71 bits per heavy atom. The van der Waals surface area contributed by atoms with E-state index in [-0.39, 0.29) is 5.69 Å². The van der Waals surface area contributed by atoms with E-state index in [1.165, 1.54) is 17.8 Å². The molecule has 0 unspecified atom stereocenters. The van der Waals surface area contributed by atoms with Crippen molar-refractivity contribution in [3.8, 4) is 17.2 Å². The molecule has 0 aliphatic carbocycles. The molecule has 8 heteroatoms. The fraction of sp³-hybridized carbons (Fsp3) is 0.125. The second kappa shape index (κ2) is 7.14. The van der Waals surface area contributed by atoms with Gasteiger partial charge in [-0.2, -0.15) is 0 Å². The zero-order chi connectivity index (χ0) is 16.9. The maximum absolute atomic E-state index is 11.0. The Balaban J connectivity index is 1.77. The molecular formula is C16H13N3O4S. The highest BCUT2D eigenvalue weighted by Crippen LogP contribution is 2.32.